The fourth-order valence-electron chi connectivity index (χ4n) is 0.997. The minimum Gasteiger partial charge on any atom is -0.395 e. The Labute approximate surface area is 83.6 Å². The number of aliphatic hydroxyl groups excluding tert-OH is 2. The van der Waals surface area contributed by atoms with Crippen LogP contribution in [0.3, 0.4) is 0 Å². The lowest BCUT2D eigenvalue weighted by Crippen LogP contribution is -2.31. The molecule has 1 aromatic rings. The first kappa shape index (κ1) is 12.4. The SMILES string of the molecule is Cl.N[C@H](CO)[C@@H](O)c1ccccc1. The Bertz CT molecular complexity index is 230. The van der Waals surface area contributed by atoms with Gasteiger partial charge in [-0.15, -0.1) is 12.4 Å². The van der Waals surface area contributed by atoms with Crippen molar-refractivity contribution in [1.29, 1.82) is 0 Å². The van der Waals surface area contributed by atoms with Crippen molar-refractivity contribution in [2.75, 3.05) is 6.61 Å². The number of rotatable bonds is 3. The van der Waals surface area contributed by atoms with Crippen molar-refractivity contribution in [3.63, 3.8) is 0 Å². The van der Waals surface area contributed by atoms with Crippen molar-refractivity contribution < 1.29 is 10.2 Å². The minimum atomic E-state index is -0.781. The van der Waals surface area contributed by atoms with Crippen LogP contribution in [0, 0.1) is 0 Å². The van der Waals surface area contributed by atoms with Gasteiger partial charge in [0.1, 0.15) is 0 Å². The molecule has 0 spiro atoms. The fourth-order valence-corrected chi connectivity index (χ4v) is 0.997. The van der Waals surface area contributed by atoms with Gasteiger partial charge < -0.3 is 15.9 Å². The highest BCUT2D eigenvalue weighted by Crippen LogP contribution is 2.14. The molecule has 0 saturated heterocycles. The molecule has 4 heteroatoms. The van der Waals surface area contributed by atoms with Crippen molar-refractivity contribution in [3.05, 3.63) is 35.9 Å². The second-order valence-corrected chi connectivity index (χ2v) is 2.70. The molecule has 0 heterocycles. The quantitative estimate of drug-likeness (QED) is 0.669. The number of hydrogen-bond donors (Lipinski definition) is 3. The number of halogens is 1. The Hall–Kier alpha value is -0.610. The number of nitrogens with two attached hydrogens (primary N) is 1. The van der Waals surface area contributed by atoms with E-state index in [0.717, 1.165) is 5.56 Å². The van der Waals surface area contributed by atoms with Crippen LogP contribution in [0.25, 0.3) is 0 Å². The summed E-state index contributed by atoms with van der Waals surface area (Å²) in [6.45, 7) is -0.212. The second kappa shape index (κ2) is 5.94. The predicted molar refractivity (Wildman–Crippen MR) is 53.7 cm³/mol. The highest BCUT2D eigenvalue weighted by Gasteiger charge is 2.14. The topological polar surface area (TPSA) is 66.5 Å². The van der Waals surface area contributed by atoms with Gasteiger partial charge in [-0.1, -0.05) is 30.3 Å². The Morgan fingerprint density at radius 2 is 1.77 bits per heavy atom. The van der Waals surface area contributed by atoms with E-state index in [1.165, 1.54) is 0 Å². The van der Waals surface area contributed by atoms with Crippen LogP contribution >= 0.6 is 12.4 Å². The summed E-state index contributed by atoms with van der Waals surface area (Å²) in [4.78, 5) is 0. The molecule has 1 rings (SSSR count). The Balaban J connectivity index is 0.00000144. The smallest absolute Gasteiger partial charge is 0.0963 e. The third-order valence-electron chi connectivity index (χ3n) is 1.76. The summed E-state index contributed by atoms with van der Waals surface area (Å²) in [5.41, 5.74) is 6.18. The monoisotopic (exact) mass is 203 g/mol. The van der Waals surface area contributed by atoms with E-state index in [2.05, 4.69) is 0 Å². The molecule has 0 bridgehead atoms. The highest BCUT2D eigenvalue weighted by atomic mass is 35.5. The lowest BCUT2D eigenvalue weighted by molar-refractivity contribution is 0.109. The van der Waals surface area contributed by atoms with Crippen molar-refractivity contribution in [2.45, 2.75) is 12.1 Å². The van der Waals surface area contributed by atoms with Crippen molar-refractivity contribution in [1.82, 2.24) is 0 Å². The zero-order valence-corrected chi connectivity index (χ0v) is 7.95. The van der Waals surface area contributed by atoms with Crippen LogP contribution < -0.4 is 5.73 Å². The summed E-state index contributed by atoms with van der Waals surface area (Å²) in [6.07, 6.45) is -0.781. The molecule has 3 nitrogen and oxygen atoms in total. The molecular formula is C9H14ClNO2. The van der Waals surface area contributed by atoms with E-state index >= 15 is 0 Å². The number of hydrogen-bond acceptors (Lipinski definition) is 3. The summed E-state index contributed by atoms with van der Waals surface area (Å²) < 4.78 is 0. The van der Waals surface area contributed by atoms with Gasteiger partial charge in [-0.05, 0) is 5.56 Å². The molecule has 2 atom stereocenters. The normalized spacial score (nSPS) is 14.4. The first-order valence-electron chi connectivity index (χ1n) is 3.85. The Morgan fingerprint density at radius 1 is 1.23 bits per heavy atom. The standard InChI is InChI=1S/C9H13NO2.ClH/c10-8(6-11)9(12)7-4-2-1-3-5-7;/h1-5,8-9,11-12H,6,10H2;1H/t8-,9+;/m1./s1. The largest absolute Gasteiger partial charge is 0.395 e. The van der Waals surface area contributed by atoms with Gasteiger partial charge in [0.25, 0.3) is 0 Å². The Kier molecular flexibility index (Phi) is 5.66. The van der Waals surface area contributed by atoms with Crippen LogP contribution in [0.5, 0.6) is 0 Å². The highest BCUT2D eigenvalue weighted by molar-refractivity contribution is 5.85. The van der Waals surface area contributed by atoms with E-state index in [1.54, 1.807) is 12.1 Å². The molecule has 0 aliphatic heterocycles. The predicted octanol–water partition coefficient (Wildman–Crippen LogP) is 0.461. The summed E-state index contributed by atoms with van der Waals surface area (Å²) in [6, 6.07) is 8.46. The third kappa shape index (κ3) is 3.32. The lowest BCUT2D eigenvalue weighted by Gasteiger charge is -2.16. The molecule has 0 radical (unpaired) electrons. The molecule has 0 aromatic heterocycles. The molecule has 0 amide bonds. The second-order valence-electron chi connectivity index (χ2n) is 2.70. The molecular weight excluding hydrogens is 190 g/mol. The van der Waals surface area contributed by atoms with E-state index in [1.807, 2.05) is 18.2 Å². The maximum atomic E-state index is 9.50. The molecule has 0 aliphatic rings. The Morgan fingerprint density at radius 3 is 2.23 bits per heavy atom. The summed E-state index contributed by atoms with van der Waals surface area (Å²) in [5, 5.41) is 18.2. The third-order valence-corrected chi connectivity index (χ3v) is 1.76. The van der Waals surface area contributed by atoms with Gasteiger partial charge in [-0.3, -0.25) is 0 Å². The van der Waals surface area contributed by atoms with E-state index in [0.29, 0.717) is 0 Å². The van der Waals surface area contributed by atoms with Gasteiger partial charge in [-0.25, -0.2) is 0 Å². The lowest BCUT2D eigenvalue weighted by atomic mass is 10.0. The van der Waals surface area contributed by atoms with Gasteiger partial charge in [0.15, 0.2) is 0 Å². The van der Waals surface area contributed by atoms with Crippen LogP contribution in [0.2, 0.25) is 0 Å². The van der Waals surface area contributed by atoms with Crippen LogP contribution in [0.1, 0.15) is 11.7 Å². The van der Waals surface area contributed by atoms with Crippen molar-refractivity contribution in [2.24, 2.45) is 5.73 Å². The van der Waals surface area contributed by atoms with Crippen LogP contribution in [0.15, 0.2) is 30.3 Å². The molecule has 4 N–H and O–H groups in total. The molecule has 0 unspecified atom stereocenters. The van der Waals surface area contributed by atoms with Gasteiger partial charge >= 0.3 is 0 Å². The molecule has 0 fully saturated rings. The van der Waals surface area contributed by atoms with Crippen molar-refractivity contribution >= 4 is 12.4 Å². The van der Waals surface area contributed by atoms with E-state index in [4.69, 9.17) is 10.8 Å². The van der Waals surface area contributed by atoms with E-state index < -0.39 is 12.1 Å². The maximum absolute atomic E-state index is 9.50. The molecule has 1 aromatic carbocycles. The number of benzene rings is 1. The maximum Gasteiger partial charge on any atom is 0.0963 e. The average Bonchev–Trinajstić information content (AvgIpc) is 2.17. The van der Waals surface area contributed by atoms with E-state index in [9.17, 15) is 5.11 Å². The fraction of sp³-hybridized carbons (Fsp3) is 0.333. The molecule has 13 heavy (non-hydrogen) atoms. The van der Waals surface area contributed by atoms with Gasteiger partial charge in [-0.2, -0.15) is 0 Å². The first-order chi connectivity index (χ1) is 5.75. The van der Waals surface area contributed by atoms with E-state index in [-0.39, 0.29) is 19.0 Å². The number of aliphatic hydroxyl groups is 2. The van der Waals surface area contributed by atoms with Crippen LogP contribution in [0.4, 0.5) is 0 Å². The zero-order valence-electron chi connectivity index (χ0n) is 7.13. The average molecular weight is 204 g/mol. The van der Waals surface area contributed by atoms with Crippen LogP contribution in [-0.2, 0) is 0 Å². The summed E-state index contributed by atoms with van der Waals surface area (Å²) in [7, 11) is 0. The first-order valence-corrected chi connectivity index (χ1v) is 3.85. The van der Waals surface area contributed by atoms with Gasteiger partial charge in [0.05, 0.1) is 18.8 Å². The van der Waals surface area contributed by atoms with Gasteiger partial charge in [0.2, 0.25) is 0 Å². The van der Waals surface area contributed by atoms with Gasteiger partial charge in [0, 0.05) is 0 Å². The molecule has 74 valence electrons. The summed E-state index contributed by atoms with van der Waals surface area (Å²) in [5.74, 6) is 0. The zero-order chi connectivity index (χ0) is 8.97. The van der Waals surface area contributed by atoms with Crippen LogP contribution in [-0.4, -0.2) is 22.9 Å². The molecule has 0 saturated carbocycles. The minimum absolute atomic E-state index is 0. The van der Waals surface area contributed by atoms with Crippen molar-refractivity contribution in [3.8, 4) is 0 Å². The summed E-state index contributed by atoms with van der Waals surface area (Å²) >= 11 is 0. The molecule has 0 aliphatic carbocycles.